The second kappa shape index (κ2) is 9.28. The van der Waals surface area contributed by atoms with E-state index in [-0.39, 0.29) is 5.91 Å². The summed E-state index contributed by atoms with van der Waals surface area (Å²) in [5, 5.41) is 6.39. The van der Waals surface area contributed by atoms with Crippen LogP contribution in [0.2, 0.25) is 5.02 Å². The molecule has 0 bridgehead atoms. The first-order valence-electron chi connectivity index (χ1n) is 10.3. The van der Waals surface area contributed by atoms with Crippen molar-refractivity contribution < 1.29 is 14.3 Å². The highest BCUT2D eigenvalue weighted by Crippen LogP contribution is 2.36. The van der Waals surface area contributed by atoms with Crippen molar-refractivity contribution in [2.24, 2.45) is 0 Å². The van der Waals surface area contributed by atoms with Crippen LogP contribution in [0.15, 0.2) is 54.7 Å². The predicted octanol–water partition coefficient (Wildman–Crippen LogP) is 6.19. The van der Waals surface area contributed by atoms with E-state index >= 15 is 0 Å². The normalized spacial score (nSPS) is 11.3. The van der Waals surface area contributed by atoms with Crippen LogP contribution >= 0.6 is 22.9 Å². The first-order chi connectivity index (χ1) is 16.1. The maximum atomic E-state index is 13.0. The maximum Gasteiger partial charge on any atom is 0.413 e. The van der Waals surface area contributed by atoms with Gasteiger partial charge < -0.3 is 15.8 Å². The summed E-state index contributed by atoms with van der Waals surface area (Å²) in [5.41, 5.74) is 8.02. The summed E-state index contributed by atoms with van der Waals surface area (Å²) in [6, 6.07) is 14.0. The molecule has 0 radical (unpaired) electrons. The van der Waals surface area contributed by atoms with Crippen LogP contribution in [0, 0.1) is 0 Å². The van der Waals surface area contributed by atoms with Crippen LogP contribution < -0.4 is 16.4 Å². The van der Waals surface area contributed by atoms with Crippen molar-refractivity contribution in [2.75, 3.05) is 16.4 Å². The zero-order valence-corrected chi connectivity index (χ0v) is 20.3. The van der Waals surface area contributed by atoms with Gasteiger partial charge in [0, 0.05) is 16.1 Å². The standard InChI is InChI=1S/C24H22ClN5O3S/c1-24(2,3)33-23(32)30-22-29-20-17(13-5-4-6-15(25)9-13)10-14(11-18(20)34-22)21(31)28-16-7-8-19(26)27-12-16/h4-12H,1-3H3,(H2,26,27)(H,28,31)(H,29,30,32). The largest absolute Gasteiger partial charge is 0.444 e. The Morgan fingerprint density at radius 2 is 1.88 bits per heavy atom. The summed E-state index contributed by atoms with van der Waals surface area (Å²) in [7, 11) is 0. The summed E-state index contributed by atoms with van der Waals surface area (Å²) in [4.78, 5) is 33.9. The van der Waals surface area contributed by atoms with E-state index in [1.54, 1.807) is 57.2 Å². The number of nitrogens with zero attached hydrogens (tertiary/aromatic N) is 2. The van der Waals surface area contributed by atoms with E-state index in [9.17, 15) is 9.59 Å². The van der Waals surface area contributed by atoms with E-state index in [0.717, 1.165) is 5.56 Å². The summed E-state index contributed by atoms with van der Waals surface area (Å²) in [6.45, 7) is 5.34. The lowest BCUT2D eigenvalue weighted by molar-refractivity contribution is 0.0635. The first-order valence-corrected chi connectivity index (χ1v) is 11.5. The number of ether oxygens (including phenoxy) is 1. The minimum absolute atomic E-state index is 0.327. The number of carbonyl (C=O) groups excluding carboxylic acids is 2. The molecule has 0 atom stereocenters. The SMILES string of the molecule is CC(C)(C)OC(=O)Nc1nc2c(-c3cccc(Cl)c3)cc(C(=O)Nc3ccc(N)nc3)cc2s1. The van der Waals surface area contributed by atoms with Crippen molar-refractivity contribution in [1.29, 1.82) is 0 Å². The van der Waals surface area contributed by atoms with Gasteiger partial charge in [-0.3, -0.25) is 10.1 Å². The zero-order valence-electron chi connectivity index (χ0n) is 18.7. The van der Waals surface area contributed by atoms with Crippen molar-refractivity contribution >= 4 is 61.8 Å². The number of aromatic nitrogens is 2. The molecule has 0 saturated carbocycles. The second-order valence-electron chi connectivity index (χ2n) is 8.45. The molecular weight excluding hydrogens is 474 g/mol. The summed E-state index contributed by atoms with van der Waals surface area (Å²) in [6.07, 6.45) is 0.879. The number of rotatable bonds is 4. The summed E-state index contributed by atoms with van der Waals surface area (Å²) < 4.78 is 6.04. The molecule has 0 aliphatic heterocycles. The minimum atomic E-state index is -0.644. The van der Waals surface area contributed by atoms with Gasteiger partial charge in [0.1, 0.15) is 11.4 Å². The number of amides is 2. The third-order valence-corrected chi connectivity index (χ3v) is 5.70. The number of nitrogens with one attached hydrogen (secondary N) is 2. The molecule has 4 rings (SSSR count). The number of anilines is 3. The van der Waals surface area contributed by atoms with Gasteiger partial charge >= 0.3 is 6.09 Å². The molecule has 0 aliphatic rings. The molecule has 0 saturated heterocycles. The molecule has 2 aromatic heterocycles. The van der Waals surface area contributed by atoms with Crippen molar-refractivity contribution in [3.8, 4) is 11.1 Å². The Morgan fingerprint density at radius 3 is 2.56 bits per heavy atom. The molecule has 2 heterocycles. The lowest BCUT2D eigenvalue weighted by Crippen LogP contribution is -2.27. The van der Waals surface area contributed by atoms with Gasteiger partial charge in [0.05, 0.1) is 22.1 Å². The highest BCUT2D eigenvalue weighted by Gasteiger charge is 2.20. The van der Waals surface area contributed by atoms with Crippen molar-refractivity contribution in [1.82, 2.24) is 9.97 Å². The van der Waals surface area contributed by atoms with Crippen molar-refractivity contribution in [2.45, 2.75) is 26.4 Å². The molecule has 34 heavy (non-hydrogen) atoms. The Morgan fingerprint density at radius 1 is 1.09 bits per heavy atom. The Labute approximate surface area is 205 Å². The van der Waals surface area contributed by atoms with Gasteiger partial charge in [0.25, 0.3) is 5.91 Å². The fraction of sp³-hybridized carbons (Fsp3) is 0.167. The molecule has 0 spiro atoms. The van der Waals surface area contributed by atoms with Crippen LogP contribution in [0.25, 0.3) is 21.3 Å². The number of hydrogen-bond acceptors (Lipinski definition) is 7. The number of pyridine rings is 1. The Bertz CT molecular complexity index is 1380. The number of halogens is 1. The van der Waals surface area contributed by atoms with Gasteiger partial charge in [-0.25, -0.2) is 14.8 Å². The van der Waals surface area contributed by atoms with E-state index in [4.69, 9.17) is 22.1 Å². The van der Waals surface area contributed by atoms with E-state index in [2.05, 4.69) is 20.6 Å². The molecular formula is C24H22ClN5O3S. The maximum absolute atomic E-state index is 13.0. The number of hydrogen-bond donors (Lipinski definition) is 3. The van der Waals surface area contributed by atoms with E-state index in [1.165, 1.54) is 17.5 Å². The molecule has 2 amide bonds. The lowest BCUT2D eigenvalue weighted by atomic mass is 10.0. The smallest absolute Gasteiger partial charge is 0.413 e. The first kappa shape index (κ1) is 23.5. The topological polar surface area (TPSA) is 119 Å². The second-order valence-corrected chi connectivity index (χ2v) is 9.92. The number of fused-ring (bicyclic) bond motifs is 1. The van der Waals surface area contributed by atoms with E-state index in [0.29, 0.717) is 43.0 Å². The summed E-state index contributed by atoms with van der Waals surface area (Å²) in [5.74, 6) is 0.0316. The van der Waals surface area contributed by atoms with Crippen LogP contribution in [0.1, 0.15) is 31.1 Å². The lowest BCUT2D eigenvalue weighted by Gasteiger charge is -2.18. The van der Waals surface area contributed by atoms with Gasteiger partial charge in [-0.1, -0.05) is 35.1 Å². The third-order valence-electron chi connectivity index (χ3n) is 4.54. The zero-order chi connectivity index (χ0) is 24.5. The van der Waals surface area contributed by atoms with E-state index < -0.39 is 11.7 Å². The van der Waals surface area contributed by atoms with Crippen LogP contribution in [0.3, 0.4) is 0 Å². The van der Waals surface area contributed by atoms with Crippen molar-refractivity contribution in [3.05, 3.63) is 65.3 Å². The molecule has 2 aromatic carbocycles. The molecule has 0 aliphatic carbocycles. The average Bonchev–Trinajstić information content (AvgIpc) is 3.15. The Hall–Kier alpha value is -3.69. The average molecular weight is 496 g/mol. The highest BCUT2D eigenvalue weighted by atomic mass is 35.5. The van der Waals surface area contributed by atoms with Gasteiger partial charge in [-0.05, 0) is 62.7 Å². The molecule has 174 valence electrons. The molecule has 0 fully saturated rings. The van der Waals surface area contributed by atoms with Gasteiger partial charge in [0.2, 0.25) is 0 Å². The van der Waals surface area contributed by atoms with E-state index in [1.807, 2.05) is 12.1 Å². The fourth-order valence-electron chi connectivity index (χ4n) is 3.16. The number of carbonyl (C=O) groups is 2. The molecule has 8 nitrogen and oxygen atoms in total. The molecule has 10 heteroatoms. The minimum Gasteiger partial charge on any atom is -0.444 e. The van der Waals surface area contributed by atoms with Crippen LogP contribution in [0.4, 0.5) is 21.4 Å². The predicted molar refractivity (Wildman–Crippen MR) is 137 cm³/mol. The van der Waals surface area contributed by atoms with Gasteiger partial charge in [-0.15, -0.1) is 0 Å². The highest BCUT2D eigenvalue weighted by molar-refractivity contribution is 7.22. The van der Waals surface area contributed by atoms with Crippen LogP contribution in [-0.2, 0) is 4.74 Å². The quantitative estimate of drug-likeness (QED) is 0.310. The van der Waals surface area contributed by atoms with Gasteiger partial charge in [0.15, 0.2) is 5.13 Å². The number of thiazole rings is 1. The van der Waals surface area contributed by atoms with Crippen molar-refractivity contribution in [3.63, 3.8) is 0 Å². The third kappa shape index (κ3) is 5.62. The molecule has 4 N–H and O–H groups in total. The van der Waals surface area contributed by atoms with Crippen LogP contribution in [0.5, 0.6) is 0 Å². The van der Waals surface area contributed by atoms with Crippen LogP contribution in [-0.4, -0.2) is 27.6 Å². The molecule has 0 unspecified atom stereocenters. The Balaban J connectivity index is 1.74. The monoisotopic (exact) mass is 495 g/mol. The summed E-state index contributed by atoms with van der Waals surface area (Å²) >= 11 is 7.46. The Kier molecular flexibility index (Phi) is 6.41. The van der Waals surface area contributed by atoms with Gasteiger partial charge in [-0.2, -0.15) is 0 Å². The fourth-order valence-corrected chi connectivity index (χ4v) is 4.27. The number of nitrogen functional groups attached to an aromatic ring is 1. The molecule has 4 aromatic rings. The number of nitrogens with two attached hydrogens (primary N) is 1. The number of benzene rings is 2.